The molecule has 1 rings (SSSR count). The topological polar surface area (TPSA) is 113 Å². The van der Waals surface area contributed by atoms with Gasteiger partial charge in [0.25, 0.3) is 0 Å². The molecule has 7 nitrogen and oxygen atoms in total. The Morgan fingerprint density at radius 2 is 2.16 bits per heavy atom. The predicted molar refractivity (Wildman–Crippen MR) is 68.4 cm³/mol. The van der Waals surface area contributed by atoms with E-state index in [1.807, 2.05) is 0 Å². The first-order valence-corrected chi connectivity index (χ1v) is 6.46. The number of aliphatic carboxylic acids is 1. The summed E-state index contributed by atoms with van der Waals surface area (Å²) in [6.45, 7) is 3.33. The molecule has 0 aliphatic carbocycles. The molecule has 1 fully saturated rings. The molecular weight excluding hydrogens is 250 g/mol. The number of hydrogen-bond donors (Lipinski definition) is 3. The first-order valence-electron chi connectivity index (χ1n) is 6.46. The van der Waals surface area contributed by atoms with E-state index in [0.29, 0.717) is 19.0 Å². The number of likely N-dealkylation sites (tertiary alicyclic amines) is 1. The number of nitrogens with one attached hydrogen (secondary N) is 1. The van der Waals surface area contributed by atoms with Crippen molar-refractivity contribution in [1.29, 1.82) is 0 Å². The van der Waals surface area contributed by atoms with E-state index in [9.17, 15) is 14.4 Å². The van der Waals surface area contributed by atoms with E-state index < -0.39 is 17.9 Å². The summed E-state index contributed by atoms with van der Waals surface area (Å²) in [5.41, 5.74) is 4.98. The number of carboxylic acids is 1. The summed E-state index contributed by atoms with van der Waals surface area (Å²) >= 11 is 0. The molecule has 19 heavy (non-hydrogen) atoms. The zero-order chi connectivity index (χ0) is 14.4. The lowest BCUT2D eigenvalue weighted by atomic mass is 10.0. The SMILES string of the molecule is CC1CCCN(C(=O)NC(CCC(N)=O)C(=O)O)C1. The highest BCUT2D eigenvalue weighted by Crippen LogP contribution is 2.15. The Morgan fingerprint density at radius 3 is 2.68 bits per heavy atom. The van der Waals surface area contributed by atoms with Crippen molar-refractivity contribution in [3.05, 3.63) is 0 Å². The molecule has 0 saturated carbocycles. The molecular formula is C12H21N3O4. The Bertz CT molecular complexity index is 359. The molecule has 0 aromatic carbocycles. The first-order chi connectivity index (χ1) is 8.90. The third-order valence-corrected chi connectivity index (χ3v) is 3.22. The average Bonchev–Trinajstić information content (AvgIpc) is 2.33. The number of rotatable bonds is 5. The molecule has 0 radical (unpaired) electrons. The van der Waals surface area contributed by atoms with E-state index in [4.69, 9.17) is 10.8 Å². The summed E-state index contributed by atoms with van der Waals surface area (Å²) in [5.74, 6) is -1.31. The Kier molecular flexibility index (Phi) is 5.59. The number of urea groups is 1. The largest absolute Gasteiger partial charge is 0.480 e. The Hall–Kier alpha value is -1.79. The molecule has 108 valence electrons. The Morgan fingerprint density at radius 1 is 1.47 bits per heavy atom. The van der Waals surface area contributed by atoms with Crippen molar-refractivity contribution in [3.63, 3.8) is 0 Å². The van der Waals surface area contributed by atoms with Crippen molar-refractivity contribution in [2.24, 2.45) is 11.7 Å². The van der Waals surface area contributed by atoms with Gasteiger partial charge in [-0.1, -0.05) is 6.92 Å². The molecule has 7 heteroatoms. The molecule has 1 saturated heterocycles. The standard InChI is InChI=1S/C12H21N3O4/c1-8-3-2-6-15(7-8)12(19)14-9(11(17)18)4-5-10(13)16/h8-9H,2-7H2,1H3,(H2,13,16)(H,14,19)(H,17,18). The van der Waals surface area contributed by atoms with Crippen LogP contribution in [0.15, 0.2) is 0 Å². The van der Waals surface area contributed by atoms with Crippen molar-refractivity contribution in [1.82, 2.24) is 10.2 Å². The van der Waals surface area contributed by atoms with Crippen LogP contribution in [0.3, 0.4) is 0 Å². The normalized spacial score (nSPS) is 20.7. The highest BCUT2D eigenvalue weighted by Gasteiger charge is 2.26. The van der Waals surface area contributed by atoms with E-state index in [-0.39, 0.29) is 18.9 Å². The number of carbonyl (C=O) groups is 3. The van der Waals surface area contributed by atoms with Crippen LogP contribution < -0.4 is 11.1 Å². The van der Waals surface area contributed by atoms with E-state index in [0.717, 1.165) is 12.8 Å². The molecule has 0 bridgehead atoms. The van der Waals surface area contributed by atoms with Crippen molar-refractivity contribution in [2.75, 3.05) is 13.1 Å². The number of primary amides is 1. The van der Waals surface area contributed by atoms with Crippen LogP contribution in [0.1, 0.15) is 32.6 Å². The fourth-order valence-corrected chi connectivity index (χ4v) is 2.16. The van der Waals surface area contributed by atoms with Gasteiger partial charge < -0.3 is 21.1 Å². The molecule has 3 amide bonds. The van der Waals surface area contributed by atoms with Gasteiger partial charge in [0.05, 0.1) is 0 Å². The zero-order valence-electron chi connectivity index (χ0n) is 11.1. The number of carbonyl (C=O) groups excluding carboxylic acids is 2. The quantitative estimate of drug-likeness (QED) is 0.660. The van der Waals surface area contributed by atoms with Gasteiger partial charge >= 0.3 is 12.0 Å². The number of piperidine rings is 1. The summed E-state index contributed by atoms with van der Waals surface area (Å²) in [6.07, 6.45) is 1.95. The van der Waals surface area contributed by atoms with Crippen LogP contribution in [0.5, 0.6) is 0 Å². The van der Waals surface area contributed by atoms with Gasteiger partial charge in [-0.15, -0.1) is 0 Å². The molecule has 0 aromatic rings. The van der Waals surface area contributed by atoms with Gasteiger partial charge in [-0.05, 0) is 25.2 Å². The number of carboxylic acid groups (broad SMARTS) is 1. The Labute approximate surface area is 112 Å². The van der Waals surface area contributed by atoms with Crippen LogP contribution in [0.2, 0.25) is 0 Å². The average molecular weight is 271 g/mol. The summed E-state index contributed by atoms with van der Waals surface area (Å²) in [4.78, 5) is 35.2. The third kappa shape index (κ3) is 5.15. The highest BCUT2D eigenvalue weighted by atomic mass is 16.4. The lowest BCUT2D eigenvalue weighted by Gasteiger charge is -2.31. The van der Waals surface area contributed by atoms with Crippen LogP contribution >= 0.6 is 0 Å². The Balaban J connectivity index is 2.50. The van der Waals surface area contributed by atoms with Crippen LogP contribution in [-0.4, -0.2) is 47.0 Å². The van der Waals surface area contributed by atoms with Gasteiger partial charge in [0.2, 0.25) is 5.91 Å². The monoisotopic (exact) mass is 271 g/mol. The van der Waals surface area contributed by atoms with Gasteiger partial charge in [-0.3, -0.25) is 4.79 Å². The molecule has 2 unspecified atom stereocenters. The van der Waals surface area contributed by atoms with Gasteiger partial charge in [0.1, 0.15) is 6.04 Å². The van der Waals surface area contributed by atoms with Crippen molar-refractivity contribution >= 4 is 17.9 Å². The number of hydrogen-bond acceptors (Lipinski definition) is 3. The maximum absolute atomic E-state index is 11.9. The molecule has 2 atom stereocenters. The van der Waals surface area contributed by atoms with E-state index in [1.54, 1.807) is 4.90 Å². The van der Waals surface area contributed by atoms with Gasteiger partial charge in [0, 0.05) is 19.5 Å². The molecule has 0 spiro atoms. The van der Waals surface area contributed by atoms with Crippen molar-refractivity contribution in [3.8, 4) is 0 Å². The second kappa shape index (κ2) is 6.96. The minimum atomic E-state index is -1.15. The molecule has 0 aromatic heterocycles. The van der Waals surface area contributed by atoms with Gasteiger partial charge in [-0.25, -0.2) is 9.59 Å². The van der Waals surface area contributed by atoms with Crippen LogP contribution in [0, 0.1) is 5.92 Å². The number of nitrogens with two attached hydrogens (primary N) is 1. The van der Waals surface area contributed by atoms with Crippen molar-refractivity contribution in [2.45, 2.75) is 38.6 Å². The predicted octanol–water partition coefficient (Wildman–Crippen LogP) is 0.147. The van der Waals surface area contributed by atoms with Gasteiger partial charge in [0.15, 0.2) is 0 Å². The second-order valence-electron chi connectivity index (χ2n) is 5.04. The molecule has 1 aliphatic heterocycles. The second-order valence-corrected chi connectivity index (χ2v) is 5.04. The first kappa shape index (κ1) is 15.3. The van der Waals surface area contributed by atoms with E-state index in [2.05, 4.69) is 12.2 Å². The maximum atomic E-state index is 11.9. The molecule has 1 aliphatic rings. The highest BCUT2D eigenvalue weighted by molar-refractivity contribution is 5.83. The van der Waals surface area contributed by atoms with Crippen LogP contribution in [-0.2, 0) is 9.59 Å². The summed E-state index contributed by atoms with van der Waals surface area (Å²) in [5, 5.41) is 11.4. The van der Waals surface area contributed by atoms with Crippen molar-refractivity contribution < 1.29 is 19.5 Å². The van der Waals surface area contributed by atoms with E-state index >= 15 is 0 Å². The smallest absolute Gasteiger partial charge is 0.326 e. The molecule has 1 heterocycles. The maximum Gasteiger partial charge on any atom is 0.326 e. The van der Waals surface area contributed by atoms with Crippen LogP contribution in [0.4, 0.5) is 4.79 Å². The molecule has 4 N–H and O–H groups in total. The lowest BCUT2D eigenvalue weighted by molar-refractivity contribution is -0.139. The summed E-state index contributed by atoms with van der Waals surface area (Å²) < 4.78 is 0. The van der Waals surface area contributed by atoms with Crippen LogP contribution in [0.25, 0.3) is 0 Å². The fourth-order valence-electron chi connectivity index (χ4n) is 2.16. The zero-order valence-corrected chi connectivity index (χ0v) is 11.1. The lowest BCUT2D eigenvalue weighted by Crippen LogP contribution is -2.50. The van der Waals surface area contributed by atoms with Gasteiger partial charge in [-0.2, -0.15) is 0 Å². The fraction of sp³-hybridized carbons (Fsp3) is 0.750. The minimum Gasteiger partial charge on any atom is -0.480 e. The summed E-state index contributed by atoms with van der Waals surface area (Å²) in [6, 6.07) is -1.46. The number of amides is 3. The third-order valence-electron chi connectivity index (χ3n) is 3.22. The van der Waals surface area contributed by atoms with E-state index in [1.165, 1.54) is 0 Å². The minimum absolute atomic E-state index is 0.0137. The summed E-state index contributed by atoms with van der Waals surface area (Å²) in [7, 11) is 0. The number of nitrogens with zero attached hydrogens (tertiary/aromatic N) is 1.